The van der Waals surface area contributed by atoms with Crippen LogP contribution in [0.15, 0.2) is 28.8 Å². The number of hydrogen-bond donors (Lipinski definition) is 1. The highest BCUT2D eigenvalue weighted by Gasteiger charge is 2.44. The van der Waals surface area contributed by atoms with Crippen molar-refractivity contribution in [2.24, 2.45) is 5.92 Å². The maximum Gasteiger partial charge on any atom is 0.416 e. The fraction of sp³-hybridized carbons (Fsp3) is 0.524. The summed E-state index contributed by atoms with van der Waals surface area (Å²) >= 11 is 0. The summed E-state index contributed by atoms with van der Waals surface area (Å²) in [4.78, 5) is 31.2. The van der Waals surface area contributed by atoms with Crippen LogP contribution < -0.4 is 5.32 Å². The van der Waals surface area contributed by atoms with E-state index >= 15 is 0 Å². The van der Waals surface area contributed by atoms with E-state index in [4.69, 9.17) is 4.52 Å². The van der Waals surface area contributed by atoms with Crippen molar-refractivity contribution in [1.29, 1.82) is 0 Å². The van der Waals surface area contributed by atoms with Crippen LogP contribution >= 0.6 is 0 Å². The van der Waals surface area contributed by atoms with E-state index in [9.17, 15) is 22.8 Å². The first-order valence-corrected chi connectivity index (χ1v) is 10.2. The largest absolute Gasteiger partial charge is 0.416 e. The van der Waals surface area contributed by atoms with Gasteiger partial charge in [-0.25, -0.2) is 0 Å². The maximum absolute atomic E-state index is 13.0. The standard InChI is InChI=1S/C21H23F3N4O3/c1-13-25-19(27-31-13)20(7-2-3-8-20)26-18(30)15-10-17(29)28(12-15)11-14-5-4-6-16(9-14)21(22,23)24/h4-6,9,15H,2-3,7-8,10-12H2,1H3,(H,26,30). The molecule has 1 aliphatic carbocycles. The Labute approximate surface area is 177 Å². The lowest BCUT2D eigenvalue weighted by atomic mass is 9.94. The quantitative estimate of drug-likeness (QED) is 0.777. The lowest BCUT2D eigenvalue weighted by Gasteiger charge is -2.28. The first kappa shape index (κ1) is 21.3. The van der Waals surface area contributed by atoms with E-state index in [-0.39, 0.29) is 31.3 Å². The molecule has 2 fully saturated rings. The third-order valence-electron chi connectivity index (χ3n) is 5.99. The van der Waals surface area contributed by atoms with Gasteiger partial charge >= 0.3 is 6.18 Å². The van der Waals surface area contributed by atoms with Gasteiger partial charge in [-0.2, -0.15) is 18.2 Å². The molecule has 1 saturated heterocycles. The number of aryl methyl sites for hydroxylation is 1. The summed E-state index contributed by atoms with van der Waals surface area (Å²) in [5.74, 6) is -0.249. The molecule has 1 N–H and O–H groups in total. The van der Waals surface area contributed by atoms with Gasteiger partial charge in [0.25, 0.3) is 0 Å². The molecule has 1 atom stereocenters. The summed E-state index contributed by atoms with van der Waals surface area (Å²) in [6.07, 6.45) is -1.22. The van der Waals surface area contributed by atoms with Crippen LogP contribution in [0.1, 0.15) is 54.9 Å². The Balaban J connectivity index is 1.44. The van der Waals surface area contributed by atoms with E-state index < -0.39 is 23.2 Å². The van der Waals surface area contributed by atoms with Gasteiger partial charge in [0.15, 0.2) is 5.82 Å². The number of hydrogen-bond acceptors (Lipinski definition) is 5. The van der Waals surface area contributed by atoms with E-state index in [1.807, 2.05) is 0 Å². The first-order chi connectivity index (χ1) is 14.7. The smallest absolute Gasteiger partial charge is 0.343 e. The highest BCUT2D eigenvalue weighted by Crippen LogP contribution is 2.38. The SMILES string of the molecule is Cc1nc(C2(NC(=O)C3CC(=O)N(Cc4cccc(C(F)(F)F)c4)C3)CCCC2)no1. The third-order valence-corrected chi connectivity index (χ3v) is 5.99. The number of alkyl halides is 3. The zero-order chi connectivity index (χ0) is 22.2. The van der Waals surface area contributed by atoms with Crippen LogP contribution in [0.4, 0.5) is 13.2 Å². The molecule has 2 heterocycles. The fourth-order valence-electron chi connectivity index (χ4n) is 4.38. The van der Waals surface area contributed by atoms with Gasteiger partial charge in [0, 0.05) is 26.4 Å². The lowest BCUT2D eigenvalue weighted by molar-refractivity contribution is -0.137. The molecule has 1 unspecified atom stereocenters. The van der Waals surface area contributed by atoms with Crippen LogP contribution in [0.3, 0.4) is 0 Å². The molecule has 4 rings (SSSR count). The fourth-order valence-corrected chi connectivity index (χ4v) is 4.38. The van der Waals surface area contributed by atoms with Gasteiger partial charge in [-0.15, -0.1) is 0 Å². The predicted octanol–water partition coefficient (Wildman–Crippen LogP) is 3.33. The summed E-state index contributed by atoms with van der Waals surface area (Å²) in [6, 6.07) is 4.89. The average molecular weight is 436 g/mol. The molecule has 1 saturated carbocycles. The number of rotatable bonds is 5. The van der Waals surface area contributed by atoms with Gasteiger partial charge < -0.3 is 14.7 Å². The minimum Gasteiger partial charge on any atom is -0.343 e. The number of nitrogens with one attached hydrogen (secondary N) is 1. The van der Waals surface area contributed by atoms with Crippen LogP contribution in [0.2, 0.25) is 0 Å². The van der Waals surface area contributed by atoms with Crippen LogP contribution in [0.5, 0.6) is 0 Å². The first-order valence-electron chi connectivity index (χ1n) is 10.2. The van der Waals surface area contributed by atoms with E-state index in [1.165, 1.54) is 11.0 Å². The number of likely N-dealkylation sites (tertiary alicyclic amines) is 1. The number of carbonyl (C=O) groups excluding carboxylic acids is 2. The van der Waals surface area contributed by atoms with Crippen LogP contribution in [-0.2, 0) is 27.8 Å². The minimum atomic E-state index is -4.45. The molecule has 7 nitrogen and oxygen atoms in total. The Bertz CT molecular complexity index is 982. The summed E-state index contributed by atoms with van der Waals surface area (Å²) in [7, 11) is 0. The molecule has 2 aromatic rings. The second-order valence-corrected chi connectivity index (χ2v) is 8.29. The molecule has 1 aromatic carbocycles. The molecule has 0 spiro atoms. The second kappa shape index (κ2) is 7.97. The zero-order valence-corrected chi connectivity index (χ0v) is 17.0. The van der Waals surface area contributed by atoms with Crippen LogP contribution in [0, 0.1) is 12.8 Å². The summed E-state index contributed by atoms with van der Waals surface area (Å²) < 4.78 is 43.9. The van der Waals surface area contributed by atoms with Crippen molar-refractivity contribution in [1.82, 2.24) is 20.4 Å². The van der Waals surface area contributed by atoms with E-state index in [1.54, 1.807) is 13.0 Å². The predicted molar refractivity (Wildman–Crippen MR) is 102 cm³/mol. The summed E-state index contributed by atoms with van der Waals surface area (Å²) in [6.45, 7) is 1.87. The van der Waals surface area contributed by atoms with Gasteiger partial charge in [-0.3, -0.25) is 9.59 Å². The third kappa shape index (κ3) is 4.42. The highest BCUT2D eigenvalue weighted by atomic mass is 19.4. The van der Waals surface area contributed by atoms with Gasteiger partial charge in [-0.05, 0) is 30.5 Å². The molecular formula is C21H23F3N4O3. The molecule has 0 bridgehead atoms. The summed E-state index contributed by atoms with van der Waals surface area (Å²) in [5, 5.41) is 7.04. The number of benzene rings is 1. The number of carbonyl (C=O) groups is 2. The molecule has 2 amide bonds. The topological polar surface area (TPSA) is 88.3 Å². The normalized spacial score (nSPS) is 21.0. The number of aromatic nitrogens is 2. The van der Waals surface area contributed by atoms with Gasteiger partial charge in [0.2, 0.25) is 17.7 Å². The molecule has 166 valence electrons. The molecule has 1 aliphatic heterocycles. The van der Waals surface area contributed by atoms with Gasteiger partial charge in [-0.1, -0.05) is 30.1 Å². The Hall–Kier alpha value is -2.91. The van der Waals surface area contributed by atoms with Crippen LogP contribution in [0.25, 0.3) is 0 Å². The molecule has 1 aromatic heterocycles. The Morgan fingerprint density at radius 1 is 1.32 bits per heavy atom. The number of nitrogens with zero attached hydrogens (tertiary/aromatic N) is 3. The molecule has 0 radical (unpaired) electrons. The molecule has 2 aliphatic rings. The Kier molecular flexibility index (Phi) is 5.49. The highest BCUT2D eigenvalue weighted by molar-refractivity contribution is 5.89. The van der Waals surface area contributed by atoms with Crippen LogP contribution in [-0.4, -0.2) is 33.4 Å². The van der Waals surface area contributed by atoms with Gasteiger partial charge in [0.1, 0.15) is 5.54 Å². The van der Waals surface area contributed by atoms with Crippen molar-refractivity contribution in [2.45, 2.75) is 57.3 Å². The van der Waals surface area contributed by atoms with Crippen molar-refractivity contribution in [2.75, 3.05) is 6.54 Å². The second-order valence-electron chi connectivity index (χ2n) is 8.29. The Morgan fingerprint density at radius 3 is 2.71 bits per heavy atom. The Morgan fingerprint density at radius 2 is 2.06 bits per heavy atom. The monoisotopic (exact) mass is 436 g/mol. The van der Waals surface area contributed by atoms with Crippen molar-refractivity contribution < 1.29 is 27.3 Å². The maximum atomic E-state index is 13.0. The van der Waals surface area contributed by atoms with Crippen molar-refractivity contribution in [3.05, 3.63) is 47.1 Å². The van der Waals surface area contributed by atoms with E-state index in [0.717, 1.165) is 25.0 Å². The lowest BCUT2D eigenvalue weighted by Crippen LogP contribution is -2.47. The average Bonchev–Trinajstić information content (AvgIpc) is 3.43. The van der Waals surface area contributed by atoms with Crippen molar-refractivity contribution in [3.8, 4) is 0 Å². The summed E-state index contributed by atoms with van der Waals surface area (Å²) in [5.41, 5.74) is -1.09. The molecule has 31 heavy (non-hydrogen) atoms. The minimum absolute atomic E-state index is 0.0200. The van der Waals surface area contributed by atoms with Crippen molar-refractivity contribution in [3.63, 3.8) is 0 Å². The van der Waals surface area contributed by atoms with Crippen molar-refractivity contribution >= 4 is 11.8 Å². The number of halogens is 3. The van der Waals surface area contributed by atoms with Gasteiger partial charge in [0.05, 0.1) is 11.5 Å². The molecule has 10 heteroatoms. The molecular weight excluding hydrogens is 413 g/mol. The van der Waals surface area contributed by atoms with E-state index in [2.05, 4.69) is 15.5 Å². The zero-order valence-electron chi connectivity index (χ0n) is 17.0. The number of amides is 2. The van der Waals surface area contributed by atoms with E-state index in [0.29, 0.717) is 30.1 Å².